The molecule has 1 aromatic carbocycles. The van der Waals surface area contributed by atoms with Gasteiger partial charge in [0.15, 0.2) is 0 Å². The van der Waals surface area contributed by atoms with Crippen LogP contribution in [0, 0.1) is 0 Å². The second-order valence-electron chi connectivity index (χ2n) is 10.2. The Labute approximate surface area is 185 Å². The molecule has 0 radical (unpaired) electrons. The zero-order valence-corrected chi connectivity index (χ0v) is 18.8. The van der Waals surface area contributed by atoms with Crippen LogP contribution in [-0.4, -0.2) is 35.3 Å². The van der Waals surface area contributed by atoms with E-state index in [2.05, 4.69) is 30.4 Å². The Morgan fingerprint density at radius 1 is 1.23 bits per heavy atom. The zero-order chi connectivity index (χ0) is 20.8. The number of benzene rings is 1. The molecular weight excluding hydrogens is 398 g/mol. The Balaban J connectivity index is 1.29. The van der Waals surface area contributed by atoms with Gasteiger partial charge >= 0.3 is 6.09 Å². The molecule has 5 atom stereocenters. The van der Waals surface area contributed by atoms with Gasteiger partial charge in [-0.15, -0.1) is 11.6 Å². The number of nitrogens with one attached hydrogen (secondary N) is 1. The Bertz CT molecular complexity index is 814. The fraction of sp³-hybridized carbons (Fsp3) is 0.720. The van der Waals surface area contributed by atoms with Crippen LogP contribution in [0.1, 0.15) is 87.3 Å². The monoisotopic (exact) mass is 431 g/mol. The first-order valence-corrected chi connectivity index (χ1v) is 12.3. The van der Waals surface area contributed by atoms with E-state index in [0.29, 0.717) is 18.6 Å². The minimum absolute atomic E-state index is 0.0690. The highest BCUT2D eigenvalue weighted by atomic mass is 35.5. The highest BCUT2D eigenvalue weighted by Crippen LogP contribution is 2.46. The van der Waals surface area contributed by atoms with Crippen LogP contribution in [0.2, 0.25) is 0 Å². The minimum atomic E-state index is -0.256. The zero-order valence-electron chi connectivity index (χ0n) is 18.1. The number of ether oxygens (including phenoxy) is 2. The van der Waals surface area contributed by atoms with Crippen LogP contribution in [-0.2, 0) is 22.3 Å². The predicted molar refractivity (Wildman–Crippen MR) is 118 cm³/mol. The molecule has 2 aliphatic heterocycles. The number of rotatable bonds is 4. The van der Waals surface area contributed by atoms with Crippen LogP contribution in [0.4, 0.5) is 4.79 Å². The maximum absolute atomic E-state index is 11.5. The molecule has 30 heavy (non-hydrogen) atoms. The molecule has 1 amide bonds. The van der Waals surface area contributed by atoms with Crippen molar-refractivity contribution in [3.8, 4) is 0 Å². The number of cyclic esters (lactones) is 1. The summed E-state index contributed by atoms with van der Waals surface area (Å²) < 4.78 is 11.9. The second-order valence-corrected chi connectivity index (χ2v) is 10.8. The SMILES string of the molecule is CCCCC1CC(Cl)CC2(CCc3cc([C@H]4CC[C@]5(COC(=O)N5)C4)ccc3C2)O1. The predicted octanol–water partition coefficient (Wildman–Crippen LogP) is 5.64. The highest BCUT2D eigenvalue weighted by Gasteiger charge is 2.46. The minimum Gasteiger partial charge on any atom is -0.447 e. The number of halogens is 1. The fourth-order valence-corrected chi connectivity index (χ4v) is 6.84. The lowest BCUT2D eigenvalue weighted by Gasteiger charge is -2.46. The molecular formula is C25H34ClNO3. The second kappa shape index (κ2) is 8.02. The molecule has 1 aromatic rings. The number of amides is 1. The summed E-state index contributed by atoms with van der Waals surface area (Å²) in [6, 6.07) is 7.08. The Morgan fingerprint density at radius 3 is 2.93 bits per heavy atom. The largest absolute Gasteiger partial charge is 0.447 e. The maximum Gasteiger partial charge on any atom is 0.407 e. The number of carbonyl (C=O) groups excluding carboxylic acids is 1. The van der Waals surface area contributed by atoms with Crippen LogP contribution in [0.5, 0.6) is 0 Å². The number of hydrogen-bond donors (Lipinski definition) is 1. The van der Waals surface area contributed by atoms with Crippen molar-refractivity contribution in [2.45, 2.75) is 106 Å². The first-order chi connectivity index (χ1) is 14.5. The van der Waals surface area contributed by atoms with Crippen molar-refractivity contribution in [3.63, 3.8) is 0 Å². The van der Waals surface area contributed by atoms with Gasteiger partial charge in [-0.05, 0) is 74.0 Å². The van der Waals surface area contributed by atoms with Gasteiger partial charge in [0.1, 0.15) is 6.61 Å². The van der Waals surface area contributed by atoms with Gasteiger partial charge in [-0.25, -0.2) is 4.79 Å². The number of aryl methyl sites for hydroxylation is 1. The van der Waals surface area contributed by atoms with E-state index in [9.17, 15) is 4.79 Å². The summed E-state index contributed by atoms with van der Waals surface area (Å²) in [4.78, 5) is 11.5. The third-order valence-corrected chi connectivity index (χ3v) is 8.26. The molecule has 2 aliphatic carbocycles. The Hall–Kier alpha value is -1.26. The van der Waals surface area contributed by atoms with E-state index >= 15 is 0 Å². The third-order valence-electron chi connectivity index (χ3n) is 7.93. The van der Waals surface area contributed by atoms with Gasteiger partial charge in [0.25, 0.3) is 0 Å². The van der Waals surface area contributed by atoms with E-state index in [0.717, 1.165) is 57.8 Å². The first kappa shape index (κ1) is 20.6. The molecule has 4 aliphatic rings. The molecule has 3 fully saturated rings. The first-order valence-electron chi connectivity index (χ1n) is 11.9. The van der Waals surface area contributed by atoms with Crippen molar-refractivity contribution in [2.75, 3.05) is 6.61 Å². The van der Waals surface area contributed by atoms with Crippen molar-refractivity contribution < 1.29 is 14.3 Å². The number of fused-ring (bicyclic) bond motifs is 1. The van der Waals surface area contributed by atoms with Crippen molar-refractivity contribution in [3.05, 3.63) is 34.9 Å². The number of hydrogen-bond acceptors (Lipinski definition) is 3. The van der Waals surface area contributed by atoms with Crippen LogP contribution in [0.15, 0.2) is 18.2 Å². The summed E-state index contributed by atoms with van der Waals surface area (Å²) in [5, 5.41) is 3.30. The van der Waals surface area contributed by atoms with Gasteiger partial charge in [-0.2, -0.15) is 0 Å². The van der Waals surface area contributed by atoms with Gasteiger partial charge in [-0.3, -0.25) is 0 Å². The van der Waals surface area contributed by atoms with Crippen molar-refractivity contribution in [2.24, 2.45) is 0 Å². The number of unbranched alkanes of at least 4 members (excludes halogenated alkanes) is 1. The molecule has 2 spiro atoms. The number of carbonyl (C=O) groups is 1. The average Bonchev–Trinajstić information content (AvgIpc) is 3.31. The van der Waals surface area contributed by atoms with Crippen LogP contribution >= 0.6 is 11.6 Å². The van der Waals surface area contributed by atoms with E-state index < -0.39 is 0 Å². The molecule has 5 rings (SSSR count). The van der Waals surface area contributed by atoms with Gasteiger partial charge < -0.3 is 14.8 Å². The van der Waals surface area contributed by atoms with Crippen molar-refractivity contribution in [1.29, 1.82) is 0 Å². The molecule has 2 saturated heterocycles. The fourth-order valence-electron chi connectivity index (χ4n) is 6.36. The van der Waals surface area contributed by atoms with E-state index in [4.69, 9.17) is 21.1 Å². The molecule has 2 heterocycles. The number of alkyl carbamates (subject to hydrolysis) is 1. The van der Waals surface area contributed by atoms with Crippen molar-refractivity contribution in [1.82, 2.24) is 5.32 Å². The molecule has 1 saturated carbocycles. The van der Waals surface area contributed by atoms with Gasteiger partial charge in [0.05, 0.1) is 17.2 Å². The normalized spacial score (nSPS) is 37.9. The highest BCUT2D eigenvalue weighted by molar-refractivity contribution is 6.20. The molecule has 4 nitrogen and oxygen atoms in total. The summed E-state index contributed by atoms with van der Waals surface area (Å²) >= 11 is 6.70. The summed E-state index contributed by atoms with van der Waals surface area (Å²) in [5.41, 5.74) is 4.13. The molecule has 164 valence electrons. The van der Waals surface area contributed by atoms with Gasteiger partial charge in [0, 0.05) is 11.8 Å². The summed E-state index contributed by atoms with van der Waals surface area (Å²) in [5.74, 6) is 0.504. The topological polar surface area (TPSA) is 47.6 Å². The average molecular weight is 432 g/mol. The van der Waals surface area contributed by atoms with E-state index in [1.807, 2.05) is 0 Å². The van der Waals surface area contributed by atoms with Crippen LogP contribution in [0.3, 0.4) is 0 Å². The quantitative estimate of drug-likeness (QED) is 0.628. The lowest BCUT2D eigenvalue weighted by Crippen LogP contribution is -2.48. The molecule has 0 bridgehead atoms. The Kier molecular flexibility index (Phi) is 5.51. The smallest absolute Gasteiger partial charge is 0.407 e. The lowest BCUT2D eigenvalue weighted by molar-refractivity contribution is -0.135. The Morgan fingerprint density at radius 2 is 2.13 bits per heavy atom. The standard InChI is InChI=1S/C25H34ClNO3/c1-2-3-4-22-12-21(26)15-25(30-22)10-8-18-11-17(5-6-19(18)14-25)20-7-9-24(13-20)16-29-23(28)27-24/h5-6,11,20-22H,2-4,7-10,12-16H2,1H3,(H,27,28)/t20-,21?,22?,24+,25?/m0/s1. The van der Waals surface area contributed by atoms with E-state index in [1.54, 1.807) is 0 Å². The molecule has 0 aromatic heterocycles. The van der Waals surface area contributed by atoms with E-state index in [1.165, 1.54) is 29.5 Å². The summed E-state index contributed by atoms with van der Waals surface area (Å²) in [6.45, 7) is 2.76. The van der Waals surface area contributed by atoms with Crippen LogP contribution < -0.4 is 5.32 Å². The number of alkyl halides is 1. The molecule has 1 N–H and O–H groups in total. The van der Waals surface area contributed by atoms with Gasteiger partial charge in [-0.1, -0.05) is 38.0 Å². The van der Waals surface area contributed by atoms with Crippen molar-refractivity contribution >= 4 is 17.7 Å². The molecule has 3 unspecified atom stereocenters. The lowest BCUT2D eigenvalue weighted by atomic mass is 9.74. The van der Waals surface area contributed by atoms with Gasteiger partial charge in [0.2, 0.25) is 0 Å². The van der Waals surface area contributed by atoms with E-state index in [-0.39, 0.29) is 22.6 Å². The third kappa shape index (κ3) is 3.98. The van der Waals surface area contributed by atoms with Crippen LogP contribution in [0.25, 0.3) is 0 Å². The summed E-state index contributed by atoms with van der Waals surface area (Å²) in [6.07, 6.45) is 11.9. The maximum atomic E-state index is 11.5. The summed E-state index contributed by atoms with van der Waals surface area (Å²) in [7, 11) is 0. The molecule has 5 heteroatoms.